The van der Waals surface area contributed by atoms with Crippen molar-refractivity contribution in [2.24, 2.45) is 0 Å². The smallest absolute Gasteiger partial charge is 0.219 e. The van der Waals surface area contributed by atoms with Gasteiger partial charge in [0.15, 0.2) is 17.1 Å². The first-order chi connectivity index (χ1) is 16.8. The second-order valence-electron chi connectivity index (χ2n) is 7.62. The highest BCUT2D eigenvalue weighted by atomic mass is 32.2. The van der Waals surface area contributed by atoms with E-state index in [-0.39, 0.29) is 11.4 Å². The second-order valence-corrected chi connectivity index (χ2v) is 9.81. The highest BCUT2D eigenvalue weighted by molar-refractivity contribution is 7.88. The lowest BCUT2D eigenvalue weighted by Gasteiger charge is -2.16. The summed E-state index contributed by atoms with van der Waals surface area (Å²) < 4.78 is 44.7. The maximum absolute atomic E-state index is 12.5. The molecule has 0 saturated carbocycles. The molecule has 4 aromatic rings. The lowest BCUT2D eigenvalue weighted by molar-refractivity contribution is 0.327. The maximum atomic E-state index is 12.5. The van der Waals surface area contributed by atoms with Gasteiger partial charge in [0, 0.05) is 20.2 Å². The van der Waals surface area contributed by atoms with E-state index in [1.165, 1.54) is 20.3 Å². The third-order valence-electron chi connectivity index (χ3n) is 5.18. The molecule has 35 heavy (non-hydrogen) atoms. The number of rotatable bonds is 9. The quantitative estimate of drug-likeness (QED) is 0.343. The van der Waals surface area contributed by atoms with Gasteiger partial charge in [0.1, 0.15) is 28.6 Å². The minimum atomic E-state index is -3.56. The number of benzene rings is 1. The second kappa shape index (κ2) is 9.84. The molecule has 184 valence electrons. The van der Waals surface area contributed by atoms with Crippen molar-refractivity contribution < 1.29 is 22.6 Å². The van der Waals surface area contributed by atoms with Crippen molar-refractivity contribution in [1.82, 2.24) is 28.8 Å². The van der Waals surface area contributed by atoms with Crippen LogP contribution in [0.4, 0.5) is 0 Å². The Morgan fingerprint density at radius 1 is 0.971 bits per heavy atom. The van der Waals surface area contributed by atoms with Crippen molar-refractivity contribution in [2.75, 3.05) is 34.9 Å². The van der Waals surface area contributed by atoms with Crippen molar-refractivity contribution >= 4 is 21.3 Å². The van der Waals surface area contributed by atoms with Crippen LogP contribution in [0, 0.1) is 0 Å². The van der Waals surface area contributed by atoms with Gasteiger partial charge < -0.3 is 14.2 Å². The van der Waals surface area contributed by atoms with Gasteiger partial charge >= 0.3 is 0 Å². The van der Waals surface area contributed by atoms with Crippen LogP contribution in [0.2, 0.25) is 0 Å². The summed E-state index contributed by atoms with van der Waals surface area (Å²) in [5, 5.41) is 0. The molecule has 0 aliphatic carbocycles. The topological polar surface area (TPSA) is 122 Å². The molecule has 0 bridgehead atoms. The Hall–Kier alpha value is -3.77. The third-order valence-corrected chi connectivity index (χ3v) is 6.95. The Kier molecular flexibility index (Phi) is 6.85. The van der Waals surface area contributed by atoms with Crippen LogP contribution in [0.25, 0.3) is 28.5 Å². The van der Waals surface area contributed by atoms with Crippen molar-refractivity contribution in [3.05, 3.63) is 48.3 Å². The number of hydrogen-bond acceptors (Lipinski definition) is 9. The molecule has 0 unspecified atom stereocenters. The first-order valence-corrected chi connectivity index (χ1v) is 12.4. The molecule has 0 aliphatic heterocycles. The highest BCUT2D eigenvalue weighted by Gasteiger charge is 2.25. The zero-order valence-electron chi connectivity index (χ0n) is 20.1. The average molecular weight is 499 g/mol. The number of methoxy groups -OCH3 is 2. The van der Waals surface area contributed by atoms with E-state index in [1.807, 2.05) is 13.0 Å². The number of fused-ring (bicyclic) bond motifs is 1. The Morgan fingerprint density at radius 3 is 2.29 bits per heavy atom. The average Bonchev–Trinajstić information content (AvgIpc) is 3.22. The van der Waals surface area contributed by atoms with Crippen LogP contribution in [0.1, 0.15) is 12.6 Å². The summed E-state index contributed by atoms with van der Waals surface area (Å²) in [7, 11) is 2.48. The molecule has 12 heteroatoms. The van der Waals surface area contributed by atoms with Crippen molar-refractivity contribution in [2.45, 2.75) is 12.7 Å². The highest BCUT2D eigenvalue weighted by Crippen LogP contribution is 2.37. The third kappa shape index (κ3) is 4.75. The maximum Gasteiger partial charge on any atom is 0.219 e. The molecule has 4 rings (SSSR count). The minimum absolute atomic E-state index is 0.267. The number of ether oxygens (including phenoxy) is 3. The van der Waals surface area contributed by atoms with E-state index in [1.54, 1.807) is 49.1 Å². The van der Waals surface area contributed by atoms with E-state index < -0.39 is 10.0 Å². The van der Waals surface area contributed by atoms with Crippen LogP contribution in [-0.4, -0.2) is 72.1 Å². The fourth-order valence-electron chi connectivity index (χ4n) is 3.48. The SMILES string of the molecule is CCOc1cccc(-c2nc3ncc(CS(=O)(=O)N(C)C)nc3n2-c2c(OC)cccc2OC)n1. The zero-order valence-corrected chi connectivity index (χ0v) is 20.9. The Labute approximate surface area is 203 Å². The Balaban J connectivity index is 2.03. The number of pyridine rings is 1. The summed E-state index contributed by atoms with van der Waals surface area (Å²) >= 11 is 0. The summed E-state index contributed by atoms with van der Waals surface area (Å²) in [5.41, 5.74) is 1.94. The molecule has 0 radical (unpaired) electrons. The molecule has 11 nitrogen and oxygen atoms in total. The van der Waals surface area contributed by atoms with Gasteiger partial charge in [-0.25, -0.2) is 32.7 Å². The number of hydrogen-bond donors (Lipinski definition) is 0. The number of nitrogens with zero attached hydrogens (tertiary/aromatic N) is 6. The van der Waals surface area contributed by atoms with Crippen molar-refractivity contribution in [1.29, 1.82) is 0 Å². The monoisotopic (exact) mass is 498 g/mol. The Bertz CT molecular complexity index is 1450. The first kappa shape index (κ1) is 24.4. The van der Waals surface area contributed by atoms with Gasteiger partial charge in [-0.05, 0) is 25.1 Å². The van der Waals surface area contributed by atoms with E-state index in [0.29, 0.717) is 52.5 Å². The number of aromatic nitrogens is 5. The molecule has 0 saturated heterocycles. The van der Waals surface area contributed by atoms with Crippen LogP contribution in [0.5, 0.6) is 17.4 Å². The van der Waals surface area contributed by atoms with E-state index in [4.69, 9.17) is 14.2 Å². The van der Waals surface area contributed by atoms with Crippen LogP contribution >= 0.6 is 0 Å². The van der Waals surface area contributed by atoms with Gasteiger partial charge in [-0.3, -0.25) is 4.57 Å². The summed E-state index contributed by atoms with van der Waals surface area (Å²) in [4.78, 5) is 18.3. The van der Waals surface area contributed by atoms with Crippen molar-refractivity contribution in [3.63, 3.8) is 0 Å². The van der Waals surface area contributed by atoms with E-state index >= 15 is 0 Å². The molecular formula is C23H26N6O5S. The first-order valence-electron chi connectivity index (χ1n) is 10.7. The van der Waals surface area contributed by atoms with Gasteiger partial charge in [0.05, 0.1) is 32.7 Å². The van der Waals surface area contributed by atoms with E-state index in [2.05, 4.69) is 19.9 Å². The minimum Gasteiger partial charge on any atom is -0.494 e. The van der Waals surface area contributed by atoms with E-state index in [9.17, 15) is 8.42 Å². The van der Waals surface area contributed by atoms with Crippen LogP contribution in [-0.2, 0) is 15.8 Å². The fourth-order valence-corrected chi connectivity index (χ4v) is 4.25. The lowest BCUT2D eigenvalue weighted by atomic mass is 10.2. The molecule has 0 N–H and O–H groups in total. The van der Waals surface area contributed by atoms with Gasteiger partial charge in [-0.1, -0.05) is 12.1 Å². The summed E-state index contributed by atoms with van der Waals surface area (Å²) in [6.07, 6.45) is 1.41. The Morgan fingerprint density at radius 2 is 1.66 bits per heavy atom. The van der Waals surface area contributed by atoms with E-state index in [0.717, 1.165) is 4.31 Å². The van der Waals surface area contributed by atoms with Gasteiger partial charge in [0.2, 0.25) is 15.9 Å². The standard InChI is InChI=1S/C23H26N6O5S/c1-6-34-19-12-7-9-16(26-19)22-27-21-23(25-15(13-24-21)14-35(30,31)28(2)3)29(22)20-17(32-4)10-8-11-18(20)33-5/h7-13H,6,14H2,1-5H3. The molecular weight excluding hydrogens is 472 g/mol. The number of imidazole rings is 1. The normalized spacial score (nSPS) is 11.7. The largest absolute Gasteiger partial charge is 0.494 e. The van der Waals surface area contributed by atoms with Gasteiger partial charge in [0.25, 0.3) is 0 Å². The van der Waals surface area contributed by atoms with Crippen LogP contribution in [0.15, 0.2) is 42.6 Å². The number of sulfonamides is 1. The lowest BCUT2D eigenvalue weighted by Crippen LogP contribution is -2.24. The predicted octanol–water partition coefficient (Wildman–Crippen LogP) is 2.68. The molecule has 1 aromatic carbocycles. The molecule has 0 fully saturated rings. The predicted molar refractivity (Wildman–Crippen MR) is 130 cm³/mol. The molecule has 0 atom stereocenters. The number of para-hydroxylation sites is 1. The molecule has 0 aliphatic rings. The summed E-state index contributed by atoms with van der Waals surface area (Å²) in [6.45, 7) is 2.33. The summed E-state index contributed by atoms with van der Waals surface area (Å²) in [5.74, 6) is 1.54. The van der Waals surface area contributed by atoms with Gasteiger partial charge in [-0.2, -0.15) is 0 Å². The molecule has 3 aromatic heterocycles. The summed E-state index contributed by atoms with van der Waals surface area (Å²) in [6, 6.07) is 10.7. The zero-order chi connectivity index (χ0) is 25.2. The molecule has 3 heterocycles. The van der Waals surface area contributed by atoms with Gasteiger partial charge in [-0.15, -0.1) is 0 Å². The van der Waals surface area contributed by atoms with Crippen LogP contribution in [0.3, 0.4) is 0 Å². The fraction of sp³-hybridized carbons (Fsp3) is 0.304. The molecule has 0 spiro atoms. The van der Waals surface area contributed by atoms with Crippen molar-refractivity contribution in [3.8, 4) is 34.6 Å². The molecule has 0 amide bonds. The van der Waals surface area contributed by atoms with Crippen LogP contribution < -0.4 is 14.2 Å².